The Morgan fingerprint density at radius 2 is 1.96 bits per heavy atom. The van der Waals surface area contributed by atoms with Gasteiger partial charge in [0.15, 0.2) is 0 Å². The van der Waals surface area contributed by atoms with E-state index in [9.17, 15) is 4.79 Å². The van der Waals surface area contributed by atoms with Gasteiger partial charge in [0, 0.05) is 10.6 Å². The number of nitrogens with zero attached hydrogens (tertiary/aromatic N) is 1. The van der Waals surface area contributed by atoms with Gasteiger partial charge in [-0.05, 0) is 29.8 Å². The van der Waals surface area contributed by atoms with Crippen LogP contribution < -0.4 is 4.74 Å². The molecular formula is C19H14ClNO3. The van der Waals surface area contributed by atoms with Crippen molar-refractivity contribution in [2.75, 3.05) is 7.11 Å². The Bertz CT molecular complexity index is 854. The summed E-state index contributed by atoms with van der Waals surface area (Å²) in [6.45, 7) is 0. The number of hydrogen-bond donors (Lipinski definition) is 0. The zero-order valence-electron chi connectivity index (χ0n) is 12.9. The Morgan fingerprint density at radius 1 is 1.17 bits per heavy atom. The Hall–Kier alpha value is -2.85. The van der Waals surface area contributed by atoms with Crippen molar-refractivity contribution in [1.29, 1.82) is 0 Å². The van der Waals surface area contributed by atoms with E-state index in [1.807, 2.05) is 36.4 Å². The summed E-state index contributed by atoms with van der Waals surface area (Å²) in [4.78, 5) is 16.8. The highest BCUT2D eigenvalue weighted by atomic mass is 35.5. The second kappa shape index (κ2) is 7.15. The van der Waals surface area contributed by atoms with Gasteiger partial charge < -0.3 is 9.57 Å². The number of allylic oxidation sites excluding steroid dienone is 2. The fraction of sp³-hybridized carbons (Fsp3) is 0.0526. The Kier molecular flexibility index (Phi) is 4.77. The molecule has 2 aromatic rings. The van der Waals surface area contributed by atoms with Gasteiger partial charge in [0.1, 0.15) is 11.5 Å². The topological polar surface area (TPSA) is 47.9 Å². The molecule has 0 saturated carbocycles. The van der Waals surface area contributed by atoms with Gasteiger partial charge in [-0.2, -0.15) is 0 Å². The van der Waals surface area contributed by atoms with E-state index in [2.05, 4.69) is 5.16 Å². The van der Waals surface area contributed by atoms with E-state index in [0.29, 0.717) is 27.6 Å². The van der Waals surface area contributed by atoms with E-state index < -0.39 is 5.97 Å². The standard InChI is InChI=1S/C19H14ClNO3/c1-23-17-11-10-14(20)12-16(17)18-15(19(22)24-21-18)9-5-8-13-6-3-2-4-7-13/h2-12H,1H3/b8-5+,15-9-. The SMILES string of the molecule is COc1ccc(Cl)cc1C1=NOC(=O)/C1=C\C=C\c1ccccc1. The van der Waals surface area contributed by atoms with E-state index in [0.717, 1.165) is 5.56 Å². The molecule has 0 aliphatic carbocycles. The maximum Gasteiger partial charge on any atom is 0.368 e. The first-order valence-electron chi connectivity index (χ1n) is 7.26. The lowest BCUT2D eigenvalue weighted by atomic mass is 10.0. The van der Waals surface area contributed by atoms with Gasteiger partial charge in [-0.1, -0.05) is 59.2 Å². The van der Waals surface area contributed by atoms with E-state index in [1.54, 1.807) is 37.5 Å². The van der Waals surface area contributed by atoms with Crippen molar-refractivity contribution in [2.45, 2.75) is 0 Å². The van der Waals surface area contributed by atoms with Crippen LogP contribution in [0.3, 0.4) is 0 Å². The van der Waals surface area contributed by atoms with Gasteiger partial charge in [-0.25, -0.2) is 4.79 Å². The number of oxime groups is 1. The van der Waals surface area contributed by atoms with Gasteiger partial charge in [0.2, 0.25) is 0 Å². The van der Waals surface area contributed by atoms with Crippen LogP contribution in [-0.4, -0.2) is 18.8 Å². The summed E-state index contributed by atoms with van der Waals surface area (Å²) < 4.78 is 5.32. The molecule has 0 aromatic heterocycles. The van der Waals surface area contributed by atoms with Gasteiger partial charge >= 0.3 is 5.97 Å². The lowest BCUT2D eigenvalue weighted by Gasteiger charge is -2.07. The first kappa shape index (κ1) is 16.0. The lowest BCUT2D eigenvalue weighted by molar-refractivity contribution is -0.136. The van der Waals surface area contributed by atoms with E-state index in [1.165, 1.54) is 0 Å². The molecule has 1 aliphatic rings. The normalized spacial score (nSPS) is 15.7. The molecule has 24 heavy (non-hydrogen) atoms. The van der Waals surface area contributed by atoms with E-state index in [-0.39, 0.29) is 0 Å². The number of carbonyl (C=O) groups is 1. The van der Waals surface area contributed by atoms with Crippen LogP contribution in [-0.2, 0) is 9.63 Å². The smallest absolute Gasteiger partial charge is 0.368 e. The molecule has 5 heteroatoms. The van der Waals surface area contributed by atoms with Crippen LogP contribution in [0.25, 0.3) is 6.08 Å². The number of hydrogen-bond acceptors (Lipinski definition) is 4. The molecule has 0 bridgehead atoms. The minimum atomic E-state index is -0.509. The summed E-state index contributed by atoms with van der Waals surface area (Å²) in [5.41, 5.74) is 2.38. The van der Waals surface area contributed by atoms with Gasteiger partial charge in [-0.3, -0.25) is 0 Å². The molecule has 0 radical (unpaired) electrons. The molecule has 0 saturated heterocycles. The van der Waals surface area contributed by atoms with Crippen LogP contribution in [0.5, 0.6) is 5.75 Å². The molecule has 0 N–H and O–H groups in total. The van der Waals surface area contributed by atoms with Crippen LogP contribution in [0, 0.1) is 0 Å². The summed E-state index contributed by atoms with van der Waals surface area (Å²) in [6.07, 6.45) is 5.34. The van der Waals surface area contributed by atoms with Crippen LogP contribution in [0.4, 0.5) is 0 Å². The second-order valence-corrected chi connectivity index (χ2v) is 5.45. The zero-order chi connectivity index (χ0) is 16.9. The van der Waals surface area contributed by atoms with Crippen LogP contribution in [0.2, 0.25) is 5.02 Å². The molecule has 1 heterocycles. The first-order chi connectivity index (χ1) is 11.7. The Balaban J connectivity index is 1.94. The van der Waals surface area contributed by atoms with Gasteiger partial charge in [0.05, 0.1) is 12.7 Å². The maximum absolute atomic E-state index is 12.0. The average Bonchev–Trinajstić information content (AvgIpc) is 2.97. The molecule has 0 unspecified atom stereocenters. The molecule has 1 aliphatic heterocycles. The third kappa shape index (κ3) is 3.39. The van der Waals surface area contributed by atoms with Crippen LogP contribution in [0.15, 0.2) is 71.4 Å². The third-order valence-electron chi connectivity index (χ3n) is 3.46. The molecule has 0 atom stereocenters. The van der Waals surface area contributed by atoms with Gasteiger partial charge in [-0.15, -0.1) is 0 Å². The molecule has 120 valence electrons. The zero-order valence-corrected chi connectivity index (χ0v) is 13.7. The Morgan fingerprint density at radius 3 is 2.71 bits per heavy atom. The van der Waals surface area contributed by atoms with E-state index in [4.69, 9.17) is 21.2 Å². The molecule has 3 rings (SSSR count). The molecule has 0 spiro atoms. The molecular weight excluding hydrogens is 326 g/mol. The maximum atomic E-state index is 12.0. The van der Waals surface area contributed by atoms with Crippen LogP contribution in [0.1, 0.15) is 11.1 Å². The highest BCUT2D eigenvalue weighted by Gasteiger charge is 2.28. The van der Waals surface area contributed by atoms with Crippen molar-refractivity contribution >= 4 is 29.4 Å². The van der Waals surface area contributed by atoms with Crippen molar-refractivity contribution in [3.8, 4) is 5.75 Å². The van der Waals surface area contributed by atoms with Crippen molar-refractivity contribution < 1.29 is 14.4 Å². The minimum Gasteiger partial charge on any atom is -0.496 e. The molecule has 0 amide bonds. The molecule has 4 nitrogen and oxygen atoms in total. The van der Waals surface area contributed by atoms with Crippen molar-refractivity contribution in [3.05, 3.63) is 82.4 Å². The molecule has 2 aromatic carbocycles. The van der Waals surface area contributed by atoms with Crippen LogP contribution >= 0.6 is 11.6 Å². The first-order valence-corrected chi connectivity index (χ1v) is 7.64. The number of methoxy groups -OCH3 is 1. The fourth-order valence-corrected chi connectivity index (χ4v) is 2.48. The summed E-state index contributed by atoms with van der Waals surface area (Å²) in [7, 11) is 1.55. The van der Waals surface area contributed by atoms with E-state index >= 15 is 0 Å². The van der Waals surface area contributed by atoms with Gasteiger partial charge in [0.25, 0.3) is 0 Å². The average molecular weight is 340 g/mol. The minimum absolute atomic E-state index is 0.350. The summed E-state index contributed by atoms with van der Waals surface area (Å²) in [5, 5.41) is 4.39. The van der Waals surface area contributed by atoms with Crippen molar-refractivity contribution in [1.82, 2.24) is 0 Å². The van der Waals surface area contributed by atoms with Crippen molar-refractivity contribution in [3.63, 3.8) is 0 Å². The molecule has 0 fully saturated rings. The fourth-order valence-electron chi connectivity index (χ4n) is 2.31. The number of benzene rings is 2. The second-order valence-electron chi connectivity index (χ2n) is 5.01. The number of carbonyl (C=O) groups excluding carboxylic acids is 1. The monoisotopic (exact) mass is 339 g/mol. The summed E-state index contributed by atoms with van der Waals surface area (Å²) >= 11 is 6.05. The highest BCUT2D eigenvalue weighted by Crippen LogP contribution is 2.28. The van der Waals surface area contributed by atoms with Crippen molar-refractivity contribution in [2.24, 2.45) is 5.16 Å². The largest absolute Gasteiger partial charge is 0.496 e. The Labute approximate surface area is 144 Å². The predicted molar refractivity (Wildman–Crippen MR) is 94.2 cm³/mol. The number of rotatable bonds is 4. The number of halogens is 1. The summed E-state index contributed by atoms with van der Waals surface area (Å²) in [6, 6.07) is 14.9. The highest BCUT2D eigenvalue weighted by molar-refractivity contribution is 6.33. The lowest BCUT2D eigenvalue weighted by Crippen LogP contribution is -2.08. The quantitative estimate of drug-likeness (QED) is 0.618. The third-order valence-corrected chi connectivity index (χ3v) is 3.70. The predicted octanol–water partition coefficient (Wildman–Crippen LogP) is 4.25. The summed E-state index contributed by atoms with van der Waals surface area (Å²) in [5.74, 6) is 0.0547. The number of ether oxygens (including phenoxy) is 1.